The van der Waals surface area contributed by atoms with Crippen LogP contribution in [0, 0.1) is 11.3 Å². The number of benzene rings is 1. The van der Waals surface area contributed by atoms with Gasteiger partial charge in [-0.3, -0.25) is 4.79 Å². The summed E-state index contributed by atoms with van der Waals surface area (Å²) in [5.74, 6) is 0.939. The van der Waals surface area contributed by atoms with Crippen LogP contribution in [0.3, 0.4) is 0 Å². The lowest BCUT2D eigenvalue weighted by molar-refractivity contribution is 0.101. The van der Waals surface area contributed by atoms with Crippen LogP contribution in [0.2, 0.25) is 0 Å². The highest BCUT2D eigenvalue weighted by Crippen LogP contribution is 2.24. The Labute approximate surface area is 153 Å². The molecule has 2 heterocycles. The number of carbonyl (C=O) groups excluding carboxylic acids is 1. The van der Waals surface area contributed by atoms with Crippen LogP contribution < -0.4 is 10.2 Å². The molecule has 0 amide bonds. The Morgan fingerprint density at radius 1 is 1.38 bits per heavy atom. The van der Waals surface area contributed by atoms with E-state index in [2.05, 4.69) is 33.2 Å². The second-order valence-electron chi connectivity index (χ2n) is 6.58. The smallest absolute Gasteiger partial charge is 0.161 e. The van der Waals surface area contributed by atoms with E-state index < -0.39 is 0 Å². The number of Topliss-reactive ketones (excluding diaryl/α,β-unsaturated/α-hetero) is 1. The summed E-state index contributed by atoms with van der Waals surface area (Å²) in [5.41, 5.74) is 2.94. The fraction of sp³-hybridized carbons (Fsp3) is 0.400. The van der Waals surface area contributed by atoms with E-state index in [-0.39, 0.29) is 11.8 Å². The van der Waals surface area contributed by atoms with Gasteiger partial charge >= 0.3 is 0 Å². The monoisotopic (exact) mass is 349 g/mol. The SMILES string of the molecule is CCc1cc(N2CCCC(Nc3cc(C#N)ccc3C(C)=O)C2)ncn1. The van der Waals surface area contributed by atoms with Crippen molar-refractivity contribution in [3.63, 3.8) is 0 Å². The maximum atomic E-state index is 11.9. The highest BCUT2D eigenvalue weighted by molar-refractivity contribution is 5.99. The van der Waals surface area contributed by atoms with Crippen LogP contribution in [-0.2, 0) is 6.42 Å². The average molecular weight is 349 g/mol. The minimum atomic E-state index is -0.00644. The third kappa shape index (κ3) is 3.99. The molecule has 1 aromatic heterocycles. The largest absolute Gasteiger partial charge is 0.380 e. The van der Waals surface area contributed by atoms with Crippen molar-refractivity contribution < 1.29 is 4.79 Å². The normalized spacial score (nSPS) is 16.8. The first-order chi connectivity index (χ1) is 12.6. The van der Waals surface area contributed by atoms with Crippen molar-refractivity contribution in [1.82, 2.24) is 9.97 Å². The molecular formula is C20H23N5O. The van der Waals surface area contributed by atoms with Crippen molar-refractivity contribution >= 4 is 17.3 Å². The van der Waals surface area contributed by atoms with Crippen molar-refractivity contribution in [2.45, 2.75) is 39.2 Å². The average Bonchev–Trinajstić information content (AvgIpc) is 2.68. The quantitative estimate of drug-likeness (QED) is 0.835. The number of piperidine rings is 1. The number of aromatic nitrogens is 2. The minimum Gasteiger partial charge on any atom is -0.380 e. The van der Waals surface area contributed by atoms with Crippen LogP contribution in [0.1, 0.15) is 48.3 Å². The number of nitrogens with zero attached hydrogens (tertiary/aromatic N) is 4. The molecule has 6 nitrogen and oxygen atoms in total. The summed E-state index contributed by atoms with van der Waals surface area (Å²) < 4.78 is 0. The second kappa shape index (κ2) is 7.96. The Kier molecular flexibility index (Phi) is 5.47. The number of carbonyl (C=O) groups is 1. The van der Waals surface area contributed by atoms with Gasteiger partial charge in [0.2, 0.25) is 0 Å². The standard InChI is InChI=1S/C20H23N5O/c1-3-16-10-20(23-13-22-16)25-8-4-5-17(12-25)24-19-9-15(11-21)6-7-18(19)14(2)26/h6-7,9-10,13,17,24H,3-5,8,12H2,1-2H3. The van der Waals surface area contributed by atoms with Crippen LogP contribution in [0.4, 0.5) is 11.5 Å². The zero-order valence-electron chi connectivity index (χ0n) is 15.2. The molecule has 0 bridgehead atoms. The molecule has 134 valence electrons. The molecule has 1 saturated heterocycles. The van der Waals surface area contributed by atoms with E-state index in [0.29, 0.717) is 11.1 Å². The summed E-state index contributed by atoms with van der Waals surface area (Å²) in [7, 11) is 0. The third-order valence-corrected chi connectivity index (χ3v) is 4.70. The summed E-state index contributed by atoms with van der Waals surface area (Å²) in [6.07, 6.45) is 4.55. The molecule has 3 rings (SSSR count). The number of hydrogen-bond acceptors (Lipinski definition) is 6. The molecule has 0 aliphatic carbocycles. The van der Waals surface area contributed by atoms with Crippen LogP contribution in [-0.4, -0.2) is 34.9 Å². The molecule has 1 fully saturated rings. The van der Waals surface area contributed by atoms with Crippen molar-refractivity contribution in [2.75, 3.05) is 23.3 Å². The van der Waals surface area contributed by atoms with Crippen LogP contribution >= 0.6 is 0 Å². The van der Waals surface area contributed by atoms with Gasteiger partial charge in [0.05, 0.1) is 11.6 Å². The van der Waals surface area contributed by atoms with Gasteiger partial charge in [0.1, 0.15) is 12.1 Å². The lowest BCUT2D eigenvalue weighted by Crippen LogP contribution is -2.42. The molecule has 2 aromatic rings. The fourth-order valence-corrected chi connectivity index (χ4v) is 3.32. The summed E-state index contributed by atoms with van der Waals surface area (Å²) >= 11 is 0. The summed E-state index contributed by atoms with van der Waals surface area (Å²) in [6, 6.07) is 9.54. The van der Waals surface area contributed by atoms with E-state index in [1.54, 1.807) is 31.5 Å². The molecule has 1 atom stereocenters. The molecule has 1 N–H and O–H groups in total. The molecule has 0 radical (unpaired) electrons. The molecule has 0 saturated carbocycles. The van der Waals surface area contributed by atoms with Gasteiger partial charge < -0.3 is 10.2 Å². The zero-order valence-corrected chi connectivity index (χ0v) is 15.2. The van der Waals surface area contributed by atoms with Gasteiger partial charge in [-0.2, -0.15) is 5.26 Å². The Balaban J connectivity index is 1.78. The van der Waals surface area contributed by atoms with Gasteiger partial charge in [-0.25, -0.2) is 9.97 Å². The van der Waals surface area contributed by atoms with E-state index >= 15 is 0 Å². The predicted octanol–water partition coefficient (Wildman–Crippen LogP) is 3.19. The fourth-order valence-electron chi connectivity index (χ4n) is 3.32. The molecule has 0 spiro atoms. The maximum Gasteiger partial charge on any atom is 0.161 e. The lowest BCUT2D eigenvalue weighted by Gasteiger charge is -2.34. The molecule has 1 unspecified atom stereocenters. The Bertz CT molecular complexity index is 842. The second-order valence-corrected chi connectivity index (χ2v) is 6.58. The van der Waals surface area contributed by atoms with Crippen molar-refractivity contribution in [2.24, 2.45) is 0 Å². The molecular weight excluding hydrogens is 326 g/mol. The number of anilines is 2. The Morgan fingerprint density at radius 2 is 2.23 bits per heavy atom. The van der Waals surface area contributed by atoms with Crippen LogP contribution in [0.5, 0.6) is 0 Å². The topological polar surface area (TPSA) is 81.9 Å². The predicted molar refractivity (Wildman–Crippen MR) is 101 cm³/mol. The highest BCUT2D eigenvalue weighted by Gasteiger charge is 2.22. The van der Waals surface area contributed by atoms with Gasteiger partial charge in [-0.15, -0.1) is 0 Å². The summed E-state index contributed by atoms with van der Waals surface area (Å²) in [6.45, 7) is 5.38. The van der Waals surface area contributed by atoms with Gasteiger partial charge in [-0.1, -0.05) is 6.92 Å². The molecule has 1 aliphatic rings. The summed E-state index contributed by atoms with van der Waals surface area (Å²) in [4.78, 5) is 22.9. The van der Waals surface area contributed by atoms with Gasteiger partial charge in [-0.05, 0) is 44.4 Å². The van der Waals surface area contributed by atoms with Crippen molar-refractivity contribution in [1.29, 1.82) is 5.26 Å². The number of rotatable bonds is 5. The molecule has 1 aromatic carbocycles. The Hall–Kier alpha value is -2.94. The van der Waals surface area contributed by atoms with Crippen LogP contribution in [0.25, 0.3) is 0 Å². The van der Waals surface area contributed by atoms with Gasteiger partial charge in [0.25, 0.3) is 0 Å². The van der Waals surface area contributed by atoms with Crippen LogP contribution in [0.15, 0.2) is 30.6 Å². The minimum absolute atomic E-state index is 0.00644. The number of aryl methyl sites for hydroxylation is 1. The van der Waals surface area contributed by atoms with Crippen molar-refractivity contribution in [3.05, 3.63) is 47.4 Å². The molecule has 6 heteroatoms. The van der Waals surface area contributed by atoms with Gasteiger partial charge in [0, 0.05) is 42.1 Å². The summed E-state index contributed by atoms with van der Waals surface area (Å²) in [5, 5.41) is 12.6. The first-order valence-corrected chi connectivity index (χ1v) is 8.98. The zero-order chi connectivity index (χ0) is 18.5. The number of ketones is 1. The van der Waals surface area contributed by atoms with Crippen molar-refractivity contribution in [3.8, 4) is 6.07 Å². The highest BCUT2D eigenvalue weighted by atomic mass is 16.1. The van der Waals surface area contributed by atoms with E-state index in [9.17, 15) is 4.79 Å². The third-order valence-electron chi connectivity index (χ3n) is 4.70. The van der Waals surface area contributed by atoms with E-state index in [4.69, 9.17) is 5.26 Å². The number of nitriles is 1. The first kappa shape index (κ1) is 17.9. The number of nitrogens with one attached hydrogen (secondary N) is 1. The molecule has 1 aliphatic heterocycles. The van der Waals surface area contributed by atoms with E-state index in [1.807, 2.05) is 6.07 Å². The Morgan fingerprint density at radius 3 is 2.96 bits per heavy atom. The van der Waals surface area contributed by atoms with E-state index in [1.165, 1.54) is 0 Å². The van der Waals surface area contributed by atoms with Gasteiger partial charge in [0.15, 0.2) is 5.78 Å². The first-order valence-electron chi connectivity index (χ1n) is 8.98. The van der Waals surface area contributed by atoms with E-state index in [0.717, 1.165) is 49.6 Å². The lowest BCUT2D eigenvalue weighted by atomic mass is 10.0. The maximum absolute atomic E-state index is 11.9. The number of hydrogen-bond donors (Lipinski definition) is 1. The molecule has 26 heavy (non-hydrogen) atoms.